The number of fused-ring (bicyclic) bond motifs is 1. The number of methoxy groups -OCH3 is 2. The Morgan fingerprint density at radius 3 is 2.91 bits per heavy atom. The van der Waals surface area contributed by atoms with E-state index in [0.717, 1.165) is 18.7 Å². The van der Waals surface area contributed by atoms with Crippen LogP contribution in [0.3, 0.4) is 0 Å². The molecule has 1 aliphatic heterocycles. The van der Waals surface area contributed by atoms with Gasteiger partial charge in [0.2, 0.25) is 0 Å². The van der Waals surface area contributed by atoms with Crippen molar-refractivity contribution < 1.29 is 14.3 Å². The standard InChI is InChI=1S/C17H24N2O3/c1-21-11-15(12-6-7-12)18-17(20)19-9-8-14-13(10-19)4-3-5-16(14)22-2/h3-5,12,15H,6-11H2,1-2H3,(H,18,20). The predicted molar refractivity (Wildman–Crippen MR) is 84.0 cm³/mol. The zero-order valence-corrected chi connectivity index (χ0v) is 13.3. The first-order chi connectivity index (χ1) is 10.7. The number of nitrogens with one attached hydrogen (secondary N) is 1. The van der Waals surface area contributed by atoms with Gasteiger partial charge in [-0.2, -0.15) is 0 Å². The van der Waals surface area contributed by atoms with E-state index in [1.54, 1.807) is 14.2 Å². The smallest absolute Gasteiger partial charge is 0.318 e. The zero-order chi connectivity index (χ0) is 15.5. The summed E-state index contributed by atoms with van der Waals surface area (Å²) in [6.07, 6.45) is 3.22. The van der Waals surface area contributed by atoms with Crippen molar-refractivity contribution in [3.05, 3.63) is 29.3 Å². The van der Waals surface area contributed by atoms with Crippen LogP contribution >= 0.6 is 0 Å². The van der Waals surface area contributed by atoms with E-state index in [1.165, 1.54) is 24.0 Å². The van der Waals surface area contributed by atoms with Crippen LogP contribution in [0.25, 0.3) is 0 Å². The van der Waals surface area contributed by atoms with Crippen LogP contribution in [0.5, 0.6) is 5.75 Å². The Hall–Kier alpha value is -1.75. The number of nitrogens with zero attached hydrogens (tertiary/aromatic N) is 1. The normalized spacial score (nSPS) is 18.5. The highest BCUT2D eigenvalue weighted by Gasteiger charge is 2.33. The summed E-state index contributed by atoms with van der Waals surface area (Å²) in [4.78, 5) is 14.4. The third kappa shape index (κ3) is 3.19. The lowest BCUT2D eigenvalue weighted by molar-refractivity contribution is 0.145. The number of rotatable bonds is 5. The highest BCUT2D eigenvalue weighted by Crippen LogP contribution is 2.33. The molecule has 1 N–H and O–H groups in total. The van der Waals surface area contributed by atoms with E-state index < -0.39 is 0 Å². The Bertz CT molecular complexity index is 543. The molecular formula is C17H24N2O3. The number of amides is 2. The van der Waals surface area contributed by atoms with Gasteiger partial charge in [0.1, 0.15) is 5.75 Å². The fourth-order valence-corrected chi connectivity index (χ4v) is 3.16. The maximum absolute atomic E-state index is 12.5. The summed E-state index contributed by atoms with van der Waals surface area (Å²) in [5, 5.41) is 3.14. The number of hydrogen-bond acceptors (Lipinski definition) is 3. The Labute approximate surface area is 131 Å². The first-order valence-electron chi connectivity index (χ1n) is 7.92. The van der Waals surface area contributed by atoms with E-state index in [4.69, 9.17) is 9.47 Å². The molecule has 0 aromatic heterocycles. The van der Waals surface area contributed by atoms with Crippen molar-refractivity contribution >= 4 is 6.03 Å². The molecular weight excluding hydrogens is 280 g/mol. The quantitative estimate of drug-likeness (QED) is 0.907. The molecule has 1 atom stereocenters. The fourth-order valence-electron chi connectivity index (χ4n) is 3.16. The van der Waals surface area contributed by atoms with E-state index in [1.807, 2.05) is 17.0 Å². The molecule has 120 valence electrons. The lowest BCUT2D eigenvalue weighted by atomic mass is 9.99. The topological polar surface area (TPSA) is 50.8 Å². The first kappa shape index (κ1) is 15.2. The van der Waals surface area contributed by atoms with Gasteiger partial charge in [-0.1, -0.05) is 12.1 Å². The average Bonchev–Trinajstić information content (AvgIpc) is 3.38. The summed E-state index contributed by atoms with van der Waals surface area (Å²) < 4.78 is 10.6. The van der Waals surface area contributed by atoms with Crippen molar-refractivity contribution in [1.82, 2.24) is 10.2 Å². The molecule has 3 rings (SSSR count). The van der Waals surface area contributed by atoms with Crippen molar-refractivity contribution in [3.8, 4) is 5.75 Å². The molecule has 1 saturated carbocycles. The van der Waals surface area contributed by atoms with Gasteiger partial charge >= 0.3 is 6.03 Å². The molecule has 1 fully saturated rings. The van der Waals surface area contributed by atoms with Crippen molar-refractivity contribution in [2.24, 2.45) is 5.92 Å². The second-order valence-corrected chi connectivity index (χ2v) is 6.12. The molecule has 1 unspecified atom stereocenters. The van der Waals surface area contributed by atoms with E-state index in [0.29, 0.717) is 19.1 Å². The van der Waals surface area contributed by atoms with Gasteiger partial charge in [-0.25, -0.2) is 4.79 Å². The first-order valence-corrected chi connectivity index (χ1v) is 7.92. The van der Waals surface area contributed by atoms with Gasteiger partial charge in [-0.3, -0.25) is 0 Å². The molecule has 0 spiro atoms. The molecule has 5 heteroatoms. The van der Waals surface area contributed by atoms with Gasteiger partial charge in [0.15, 0.2) is 0 Å². The van der Waals surface area contributed by atoms with Gasteiger partial charge in [0, 0.05) is 25.8 Å². The van der Waals surface area contributed by atoms with Crippen molar-refractivity contribution in [1.29, 1.82) is 0 Å². The molecule has 2 aliphatic rings. The molecule has 2 amide bonds. The van der Waals surface area contributed by atoms with Crippen LogP contribution in [0.1, 0.15) is 24.0 Å². The summed E-state index contributed by atoms with van der Waals surface area (Å²) in [6, 6.07) is 6.20. The van der Waals surface area contributed by atoms with Crippen LogP contribution in [0.2, 0.25) is 0 Å². The van der Waals surface area contributed by atoms with Crippen LogP contribution < -0.4 is 10.1 Å². The van der Waals surface area contributed by atoms with Gasteiger partial charge in [-0.15, -0.1) is 0 Å². The molecule has 0 saturated heterocycles. The van der Waals surface area contributed by atoms with Crippen LogP contribution in [-0.2, 0) is 17.7 Å². The minimum atomic E-state index is 0.0161. The second-order valence-electron chi connectivity index (χ2n) is 6.12. The minimum absolute atomic E-state index is 0.0161. The van der Waals surface area contributed by atoms with Crippen molar-refractivity contribution in [2.45, 2.75) is 31.8 Å². The van der Waals surface area contributed by atoms with Crippen molar-refractivity contribution in [2.75, 3.05) is 27.4 Å². The molecule has 1 aromatic carbocycles. The highest BCUT2D eigenvalue weighted by molar-refractivity contribution is 5.75. The monoisotopic (exact) mass is 304 g/mol. The Morgan fingerprint density at radius 2 is 2.23 bits per heavy atom. The molecule has 1 aliphatic carbocycles. The number of benzene rings is 1. The number of urea groups is 1. The molecule has 1 aromatic rings. The Balaban J connectivity index is 1.65. The zero-order valence-electron chi connectivity index (χ0n) is 13.3. The van der Waals surface area contributed by atoms with E-state index in [9.17, 15) is 4.79 Å². The SMILES string of the molecule is COCC(NC(=O)N1CCc2c(cccc2OC)C1)C1CC1. The summed E-state index contributed by atoms with van der Waals surface area (Å²) in [6.45, 7) is 1.96. The maximum atomic E-state index is 12.5. The van der Waals surface area contributed by atoms with E-state index in [2.05, 4.69) is 11.4 Å². The van der Waals surface area contributed by atoms with Gasteiger partial charge in [0.05, 0.1) is 19.8 Å². The highest BCUT2D eigenvalue weighted by atomic mass is 16.5. The minimum Gasteiger partial charge on any atom is -0.496 e. The average molecular weight is 304 g/mol. The molecule has 5 nitrogen and oxygen atoms in total. The lowest BCUT2D eigenvalue weighted by Crippen LogP contribution is -2.48. The van der Waals surface area contributed by atoms with Crippen LogP contribution in [-0.4, -0.2) is 44.3 Å². The molecule has 0 radical (unpaired) electrons. The number of ether oxygens (including phenoxy) is 2. The van der Waals surface area contributed by atoms with Crippen LogP contribution in [0.4, 0.5) is 4.79 Å². The third-order valence-corrected chi connectivity index (χ3v) is 4.58. The Morgan fingerprint density at radius 1 is 1.41 bits per heavy atom. The summed E-state index contributed by atoms with van der Waals surface area (Å²) in [5.74, 6) is 1.51. The fraction of sp³-hybridized carbons (Fsp3) is 0.588. The van der Waals surface area contributed by atoms with Gasteiger partial charge < -0.3 is 19.7 Å². The van der Waals surface area contributed by atoms with Crippen LogP contribution in [0.15, 0.2) is 18.2 Å². The largest absolute Gasteiger partial charge is 0.496 e. The van der Waals surface area contributed by atoms with Crippen molar-refractivity contribution in [3.63, 3.8) is 0 Å². The van der Waals surface area contributed by atoms with Gasteiger partial charge in [0.25, 0.3) is 0 Å². The molecule has 22 heavy (non-hydrogen) atoms. The number of carbonyl (C=O) groups excluding carboxylic acids is 1. The number of carbonyl (C=O) groups is 1. The van der Waals surface area contributed by atoms with E-state index >= 15 is 0 Å². The maximum Gasteiger partial charge on any atom is 0.318 e. The second kappa shape index (κ2) is 6.57. The summed E-state index contributed by atoms with van der Waals surface area (Å²) in [7, 11) is 3.38. The number of hydrogen-bond donors (Lipinski definition) is 1. The predicted octanol–water partition coefficient (Wildman–Crippen LogP) is 2.19. The lowest BCUT2D eigenvalue weighted by Gasteiger charge is -2.31. The molecule has 1 heterocycles. The van der Waals surface area contributed by atoms with E-state index in [-0.39, 0.29) is 12.1 Å². The molecule has 0 bridgehead atoms. The van der Waals surface area contributed by atoms with Gasteiger partial charge in [-0.05, 0) is 36.8 Å². The van der Waals surface area contributed by atoms with Crippen LogP contribution in [0, 0.1) is 5.92 Å². The Kier molecular flexibility index (Phi) is 4.52. The summed E-state index contributed by atoms with van der Waals surface area (Å²) >= 11 is 0. The third-order valence-electron chi connectivity index (χ3n) is 4.58. The summed E-state index contributed by atoms with van der Waals surface area (Å²) in [5.41, 5.74) is 2.40.